The molecule has 0 atom stereocenters. The standard InChI is InChI=1S/C25H29N3O5/c1-25(2,3)33-24(31)28-18-8-6-17(7-9-18)23(30)27-19-12-20(29)14-22(13-19)32-21-10-4-16(15-26)5-11-21/h4-5,10-14,17-18,29H,6-9H2,1-3H3,(H,27,30)(H,28,31)/t17-,18-. The summed E-state index contributed by atoms with van der Waals surface area (Å²) in [6.45, 7) is 5.45. The molecular weight excluding hydrogens is 422 g/mol. The molecule has 1 saturated carbocycles. The van der Waals surface area contributed by atoms with E-state index in [0.717, 1.165) is 0 Å². The van der Waals surface area contributed by atoms with Gasteiger partial charge in [-0.1, -0.05) is 0 Å². The number of alkyl carbamates (subject to hydrolysis) is 1. The van der Waals surface area contributed by atoms with Crippen LogP contribution in [0.15, 0.2) is 42.5 Å². The number of amides is 2. The Morgan fingerprint density at radius 1 is 1.03 bits per heavy atom. The second kappa shape index (κ2) is 10.3. The maximum absolute atomic E-state index is 12.8. The van der Waals surface area contributed by atoms with Crippen LogP contribution in [0, 0.1) is 17.2 Å². The van der Waals surface area contributed by atoms with E-state index in [1.54, 1.807) is 30.3 Å². The van der Waals surface area contributed by atoms with Crippen LogP contribution in [0.3, 0.4) is 0 Å². The third kappa shape index (κ3) is 7.42. The Hall–Kier alpha value is -3.73. The van der Waals surface area contributed by atoms with E-state index in [1.165, 1.54) is 12.1 Å². The van der Waals surface area contributed by atoms with Crippen molar-refractivity contribution >= 4 is 17.7 Å². The van der Waals surface area contributed by atoms with Crippen LogP contribution in [0.5, 0.6) is 17.2 Å². The zero-order valence-corrected chi connectivity index (χ0v) is 19.1. The molecular formula is C25H29N3O5. The summed E-state index contributed by atoms with van der Waals surface area (Å²) in [6, 6.07) is 13.1. The summed E-state index contributed by atoms with van der Waals surface area (Å²) >= 11 is 0. The lowest BCUT2D eigenvalue weighted by molar-refractivity contribution is -0.120. The zero-order chi connectivity index (χ0) is 24.0. The molecule has 174 valence electrons. The molecule has 2 aromatic carbocycles. The highest BCUT2D eigenvalue weighted by Gasteiger charge is 2.28. The molecule has 1 aliphatic carbocycles. The number of hydrogen-bond acceptors (Lipinski definition) is 6. The summed E-state index contributed by atoms with van der Waals surface area (Å²) in [7, 11) is 0. The van der Waals surface area contributed by atoms with Crippen LogP contribution in [0.25, 0.3) is 0 Å². The normalized spacial score (nSPS) is 18.0. The number of rotatable bonds is 5. The molecule has 0 radical (unpaired) electrons. The first kappa shape index (κ1) is 23.9. The number of ether oxygens (including phenoxy) is 2. The Kier molecular flexibility index (Phi) is 7.44. The van der Waals surface area contributed by atoms with Gasteiger partial charge in [-0.15, -0.1) is 0 Å². The number of benzene rings is 2. The molecule has 2 amide bonds. The first-order valence-electron chi connectivity index (χ1n) is 10.9. The van der Waals surface area contributed by atoms with Crippen molar-refractivity contribution < 1.29 is 24.2 Å². The molecule has 1 fully saturated rings. The van der Waals surface area contributed by atoms with Crippen LogP contribution in [0.4, 0.5) is 10.5 Å². The molecule has 33 heavy (non-hydrogen) atoms. The molecule has 0 heterocycles. The Labute approximate surface area is 193 Å². The van der Waals surface area contributed by atoms with Gasteiger partial charge in [0.05, 0.1) is 11.6 Å². The molecule has 0 unspecified atom stereocenters. The number of aromatic hydroxyl groups is 1. The van der Waals surface area contributed by atoms with Crippen LogP contribution >= 0.6 is 0 Å². The zero-order valence-electron chi connectivity index (χ0n) is 19.1. The monoisotopic (exact) mass is 451 g/mol. The number of carbonyl (C=O) groups is 2. The van der Waals surface area contributed by atoms with Crippen molar-refractivity contribution in [3.8, 4) is 23.3 Å². The minimum Gasteiger partial charge on any atom is -0.508 e. The summed E-state index contributed by atoms with van der Waals surface area (Å²) in [5.41, 5.74) is 0.394. The van der Waals surface area contributed by atoms with Crippen LogP contribution in [-0.4, -0.2) is 28.7 Å². The topological polar surface area (TPSA) is 121 Å². The van der Waals surface area contributed by atoms with Crippen molar-refractivity contribution in [2.24, 2.45) is 5.92 Å². The van der Waals surface area contributed by atoms with Crippen molar-refractivity contribution in [3.05, 3.63) is 48.0 Å². The van der Waals surface area contributed by atoms with E-state index in [-0.39, 0.29) is 23.6 Å². The molecule has 0 aliphatic heterocycles. The minimum absolute atomic E-state index is 0.0166. The van der Waals surface area contributed by atoms with Crippen molar-refractivity contribution in [2.75, 3.05) is 5.32 Å². The molecule has 0 bridgehead atoms. The summed E-state index contributed by atoms with van der Waals surface area (Å²) in [4.78, 5) is 24.7. The van der Waals surface area contributed by atoms with E-state index in [1.807, 2.05) is 26.8 Å². The molecule has 8 nitrogen and oxygen atoms in total. The van der Waals surface area contributed by atoms with Crippen molar-refractivity contribution in [1.82, 2.24) is 5.32 Å². The number of nitriles is 1. The van der Waals surface area contributed by atoms with Gasteiger partial charge in [0.15, 0.2) is 0 Å². The average molecular weight is 452 g/mol. The van der Waals surface area contributed by atoms with Gasteiger partial charge >= 0.3 is 6.09 Å². The van der Waals surface area contributed by atoms with Crippen LogP contribution in [0.2, 0.25) is 0 Å². The van der Waals surface area contributed by atoms with Crippen molar-refractivity contribution in [1.29, 1.82) is 5.26 Å². The van der Waals surface area contributed by atoms with Gasteiger partial charge in [-0.25, -0.2) is 4.79 Å². The van der Waals surface area contributed by atoms with Crippen LogP contribution < -0.4 is 15.4 Å². The van der Waals surface area contributed by atoms with E-state index in [2.05, 4.69) is 10.6 Å². The fourth-order valence-electron chi connectivity index (χ4n) is 3.67. The third-order valence-corrected chi connectivity index (χ3v) is 5.20. The van der Waals surface area contributed by atoms with Gasteiger partial charge in [0.2, 0.25) is 5.91 Å². The highest BCUT2D eigenvalue weighted by molar-refractivity contribution is 5.93. The number of phenolic OH excluding ortho intramolecular Hbond substituents is 1. The lowest BCUT2D eigenvalue weighted by Crippen LogP contribution is -2.42. The van der Waals surface area contributed by atoms with Gasteiger partial charge in [-0.05, 0) is 70.7 Å². The summed E-state index contributed by atoms with van der Waals surface area (Å²) in [5, 5.41) is 24.7. The number of nitrogens with zero attached hydrogens (tertiary/aromatic N) is 1. The Bertz CT molecular complexity index is 1030. The summed E-state index contributed by atoms with van der Waals surface area (Å²) < 4.78 is 11.0. The lowest BCUT2D eigenvalue weighted by atomic mass is 9.85. The predicted octanol–water partition coefficient (Wildman–Crippen LogP) is 5.08. The Balaban J connectivity index is 1.54. The fourth-order valence-corrected chi connectivity index (χ4v) is 3.67. The second-order valence-corrected chi connectivity index (χ2v) is 9.14. The van der Waals surface area contributed by atoms with Crippen molar-refractivity contribution in [3.63, 3.8) is 0 Å². The molecule has 1 aliphatic rings. The van der Waals surface area contributed by atoms with Crippen LogP contribution in [0.1, 0.15) is 52.0 Å². The van der Waals surface area contributed by atoms with E-state index in [9.17, 15) is 14.7 Å². The van der Waals surface area contributed by atoms with E-state index in [0.29, 0.717) is 48.4 Å². The number of phenols is 1. The van der Waals surface area contributed by atoms with E-state index < -0.39 is 11.7 Å². The van der Waals surface area contributed by atoms with Gasteiger partial charge in [0, 0.05) is 35.8 Å². The van der Waals surface area contributed by atoms with Gasteiger partial charge < -0.3 is 25.2 Å². The minimum atomic E-state index is -0.551. The Morgan fingerprint density at radius 3 is 2.30 bits per heavy atom. The summed E-state index contributed by atoms with van der Waals surface area (Å²) in [6.07, 6.45) is 2.21. The van der Waals surface area contributed by atoms with Gasteiger partial charge in [-0.3, -0.25) is 4.79 Å². The molecule has 8 heteroatoms. The third-order valence-electron chi connectivity index (χ3n) is 5.20. The number of hydrogen-bond donors (Lipinski definition) is 3. The van der Waals surface area contributed by atoms with E-state index >= 15 is 0 Å². The van der Waals surface area contributed by atoms with Crippen molar-refractivity contribution in [2.45, 2.75) is 58.1 Å². The van der Waals surface area contributed by atoms with Crippen LogP contribution in [-0.2, 0) is 9.53 Å². The maximum Gasteiger partial charge on any atom is 0.407 e. The number of carbonyl (C=O) groups excluding carboxylic acids is 2. The molecule has 3 rings (SSSR count). The highest BCUT2D eigenvalue weighted by Crippen LogP contribution is 2.31. The van der Waals surface area contributed by atoms with Gasteiger partial charge in [0.1, 0.15) is 22.8 Å². The first-order chi connectivity index (χ1) is 15.6. The smallest absolute Gasteiger partial charge is 0.407 e. The molecule has 0 saturated heterocycles. The quantitative estimate of drug-likeness (QED) is 0.583. The lowest BCUT2D eigenvalue weighted by Gasteiger charge is -2.29. The molecule has 0 spiro atoms. The number of anilines is 1. The first-order valence-corrected chi connectivity index (χ1v) is 10.9. The average Bonchev–Trinajstić information content (AvgIpc) is 2.73. The molecule has 2 aromatic rings. The summed E-state index contributed by atoms with van der Waals surface area (Å²) in [5.74, 6) is 0.502. The van der Waals surface area contributed by atoms with Gasteiger partial charge in [-0.2, -0.15) is 5.26 Å². The molecule has 3 N–H and O–H groups in total. The maximum atomic E-state index is 12.8. The largest absolute Gasteiger partial charge is 0.508 e. The Morgan fingerprint density at radius 2 is 1.70 bits per heavy atom. The SMILES string of the molecule is CC(C)(C)OC(=O)N[C@H]1CC[C@H](C(=O)Nc2cc(O)cc(Oc3ccc(C#N)cc3)c2)CC1. The fraction of sp³-hybridized carbons (Fsp3) is 0.400. The predicted molar refractivity (Wildman–Crippen MR) is 123 cm³/mol. The highest BCUT2D eigenvalue weighted by atomic mass is 16.6. The second-order valence-electron chi connectivity index (χ2n) is 9.14. The van der Waals surface area contributed by atoms with E-state index in [4.69, 9.17) is 14.7 Å². The number of nitrogens with one attached hydrogen (secondary N) is 2. The van der Waals surface area contributed by atoms with Gasteiger partial charge in [0.25, 0.3) is 0 Å². The molecule has 0 aromatic heterocycles.